The van der Waals surface area contributed by atoms with Crippen molar-refractivity contribution in [2.75, 3.05) is 5.32 Å². The van der Waals surface area contributed by atoms with Crippen LogP contribution in [0.15, 0.2) is 42.9 Å². The SMILES string of the molecule is Cc1cncc(NCc2c(C)nc3ccccn23)c1. The lowest BCUT2D eigenvalue weighted by molar-refractivity contribution is 0.984. The topological polar surface area (TPSA) is 42.2 Å². The molecule has 4 nitrogen and oxygen atoms in total. The zero-order chi connectivity index (χ0) is 13.2. The summed E-state index contributed by atoms with van der Waals surface area (Å²) >= 11 is 0. The van der Waals surface area contributed by atoms with E-state index >= 15 is 0 Å². The Labute approximate surface area is 112 Å². The van der Waals surface area contributed by atoms with E-state index in [4.69, 9.17) is 0 Å². The molecule has 19 heavy (non-hydrogen) atoms. The van der Waals surface area contributed by atoms with Gasteiger partial charge in [0.2, 0.25) is 0 Å². The Kier molecular flexibility index (Phi) is 2.91. The molecule has 96 valence electrons. The Morgan fingerprint density at radius 3 is 2.95 bits per heavy atom. The van der Waals surface area contributed by atoms with Crippen molar-refractivity contribution in [1.29, 1.82) is 0 Å². The number of aryl methyl sites for hydroxylation is 2. The highest BCUT2D eigenvalue weighted by atomic mass is 15.0. The molecule has 0 aliphatic rings. The van der Waals surface area contributed by atoms with Crippen LogP contribution >= 0.6 is 0 Å². The van der Waals surface area contributed by atoms with Gasteiger partial charge >= 0.3 is 0 Å². The van der Waals surface area contributed by atoms with Crippen LogP contribution in [-0.4, -0.2) is 14.4 Å². The van der Waals surface area contributed by atoms with Crippen molar-refractivity contribution in [3.05, 3.63) is 59.8 Å². The predicted octanol–water partition coefficient (Wildman–Crippen LogP) is 2.96. The Balaban J connectivity index is 1.87. The van der Waals surface area contributed by atoms with E-state index in [1.165, 1.54) is 5.69 Å². The Morgan fingerprint density at radius 2 is 2.11 bits per heavy atom. The number of nitrogens with one attached hydrogen (secondary N) is 1. The van der Waals surface area contributed by atoms with Gasteiger partial charge in [0.1, 0.15) is 5.65 Å². The number of rotatable bonds is 3. The van der Waals surface area contributed by atoms with Gasteiger partial charge in [0, 0.05) is 18.6 Å². The lowest BCUT2D eigenvalue weighted by atomic mass is 10.3. The minimum Gasteiger partial charge on any atom is -0.378 e. The van der Waals surface area contributed by atoms with Gasteiger partial charge in [-0.2, -0.15) is 0 Å². The number of pyridine rings is 2. The molecule has 4 heteroatoms. The summed E-state index contributed by atoms with van der Waals surface area (Å²) in [6.45, 7) is 4.82. The molecule has 3 aromatic rings. The molecular formula is C15H16N4. The van der Waals surface area contributed by atoms with Gasteiger partial charge in [-0.05, 0) is 37.6 Å². The molecular weight excluding hydrogens is 236 g/mol. The number of fused-ring (bicyclic) bond motifs is 1. The van der Waals surface area contributed by atoms with Gasteiger partial charge in [0.25, 0.3) is 0 Å². The van der Waals surface area contributed by atoms with Crippen molar-refractivity contribution < 1.29 is 0 Å². The number of hydrogen-bond acceptors (Lipinski definition) is 3. The summed E-state index contributed by atoms with van der Waals surface area (Å²) < 4.78 is 2.12. The van der Waals surface area contributed by atoms with Gasteiger partial charge in [0.15, 0.2) is 0 Å². The van der Waals surface area contributed by atoms with Crippen molar-refractivity contribution in [2.24, 2.45) is 0 Å². The third kappa shape index (κ3) is 2.29. The maximum atomic E-state index is 4.55. The van der Waals surface area contributed by atoms with E-state index in [2.05, 4.69) is 25.8 Å². The minimum absolute atomic E-state index is 0.738. The second-order valence-corrected chi connectivity index (χ2v) is 4.68. The van der Waals surface area contributed by atoms with Crippen LogP contribution < -0.4 is 5.32 Å². The van der Waals surface area contributed by atoms with Crippen molar-refractivity contribution in [3.63, 3.8) is 0 Å². The van der Waals surface area contributed by atoms with E-state index in [0.717, 1.165) is 29.1 Å². The fourth-order valence-electron chi connectivity index (χ4n) is 2.21. The molecule has 0 radical (unpaired) electrons. The first kappa shape index (κ1) is 11.7. The van der Waals surface area contributed by atoms with E-state index in [1.807, 2.05) is 50.6 Å². The van der Waals surface area contributed by atoms with Crippen molar-refractivity contribution in [3.8, 4) is 0 Å². The first-order chi connectivity index (χ1) is 9.24. The lowest BCUT2D eigenvalue weighted by Crippen LogP contribution is -2.04. The average Bonchev–Trinajstić information content (AvgIpc) is 2.72. The third-order valence-electron chi connectivity index (χ3n) is 3.16. The second-order valence-electron chi connectivity index (χ2n) is 4.68. The molecule has 0 aliphatic heterocycles. The molecule has 0 amide bonds. The molecule has 0 aliphatic carbocycles. The maximum absolute atomic E-state index is 4.55. The monoisotopic (exact) mass is 252 g/mol. The highest BCUT2D eigenvalue weighted by Gasteiger charge is 2.07. The smallest absolute Gasteiger partial charge is 0.137 e. The molecule has 1 N–H and O–H groups in total. The average molecular weight is 252 g/mol. The Morgan fingerprint density at radius 1 is 1.21 bits per heavy atom. The Bertz CT molecular complexity index is 715. The van der Waals surface area contributed by atoms with Gasteiger partial charge in [-0.15, -0.1) is 0 Å². The van der Waals surface area contributed by atoms with Crippen LogP contribution in [0.3, 0.4) is 0 Å². The first-order valence-corrected chi connectivity index (χ1v) is 6.32. The molecule has 0 aromatic carbocycles. The summed E-state index contributed by atoms with van der Waals surface area (Å²) in [5, 5.41) is 3.40. The van der Waals surface area contributed by atoms with E-state index in [9.17, 15) is 0 Å². The standard InChI is InChI=1S/C15H16N4/c1-11-7-13(9-16-8-11)17-10-14-12(2)18-15-5-3-4-6-19(14)15/h3-9,17H,10H2,1-2H3. The molecule has 0 saturated carbocycles. The fourth-order valence-corrected chi connectivity index (χ4v) is 2.21. The second kappa shape index (κ2) is 4.72. The van der Waals surface area contributed by atoms with Gasteiger partial charge in [-0.1, -0.05) is 6.07 Å². The summed E-state index contributed by atoms with van der Waals surface area (Å²) in [6.07, 6.45) is 5.73. The lowest BCUT2D eigenvalue weighted by Gasteiger charge is -2.07. The predicted molar refractivity (Wildman–Crippen MR) is 76.2 cm³/mol. The first-order valence-electron chi connectivity index (χ1n) is 6.32. The van der Waals surface area contributed by atoms with Crippen LogP contribution in [0.4, 0.5) is 5.69 Å². The van der Waals surface area contributed by atoms with Gasteiger partial charge in [-0.25, -0.2) is 4.98 Å². The van der Waals surface area contributed by atoms with Crippen molar-refractivity contribution in [2.45, 2.75) is 20.4 Å². The van der Waals surface area contributed by atoms with Crippen LogP contribution in [0, 0.1) is 13.8 Å². The summed E-state index contributed by atoms with van der Waals surface area (Å²) in [5.41, 5.74) is 5.40. The van der Waals surface area contributed by atoms with Gasteiger partial charge in [0.05, 0.1) is 23.6 Å². The van der Waals surface area contributed by atoms with Gasteiger partial charge < -0.3 is 9.72 Å². The Hall–Kier alpha value is -2.36. The summed E-state index contributed by atoms with van der Waals surface area (Å²) in [6, 6.07) is 8.13. The summed E-state index contributed by atoms with van der Waals surface area (Å²) in [7, 11) is 0. The molecule has 0 saturated heterocycles. The van der Waals surface area contributed by atoms with Crippen LogP contribution in [0.2, 0.25) is 0 Å². The molecule has 3 aromatic heterocycles. The third-order valence-corrected chi connectivity index (χ3v) is 3.16. The number of anilines is 1. The number of nitrogens with zero attached hydrogens (tertiary/aromatic N) is 3. The maximum Gasteiger partial charge on any atom is 0.137 e. The molecule has 0 atom stereocenters. The fraction of sp³-hybridized carbons (Fsp3) is 0.200. The molecule has 0 fully saturated rings. The molecule has 0 bridgehead atoms. The zero-order valence-corrected chi connectivity index (χ0v) is 11.1. The number of hydrogen-bond donors (Lipinski definition) is 1. The van der Waals surface area contributed by atoms with E-state index in [-0.39, 0.29) is 0 Å². The zero-order valence-electron chi connectivity index (χ0n) is 11.1. The van der Waals surface area contributed by atoms with Crippen LogP contribution in [-0.2, 0) is 6.54 Å². The number of aromatic nitrogens is 3. The van der Waals surface area contributed by atoms with Crippen molar-refractivity contribution >= 4 is 11.3 Å². The van der Waals surface area contributed by atoms with Gasteiger partial charge in [-0.3, -0.25) is 4.98 Å². The van der Waals surface area contributed by atoms with E-state index in [0.29, 0.717) is 0 Å². The highest BCUT2D eigenvalue weighted by Crippen LogP contribution is 2.14. The highest BCUT2D eigenvalue weighted by molar-refractivity contribution is 5.46. The molecule has 0 unspecified atom stereocenters. The quantitative estimate of drug-likeness (QED) is 0.779. The normalized spacial score (nSPS) is 10.8. The minimum atomic E-state index is 0.738. The molecule has 3 rings (SSSR count). The van der Waals surface area contributed by atoms with E-state index < -0.39 is 0 Å². The van der Waals surface area contributed by atoms with E-state index in [1.54, 1.807) is 0 Å². The number of imidazole rings is 1. The van der Waals surface area contributed by atoms with Crippen LogP contribution in [0.1, 0.15) is 17.0 Å². The largest absolute Gasteiger partial charge is 0.378 e. The van der Waals surface area contributed by atoms with Crippen LogP contribution in [0.5, 0.6) is 0 Å². The summed E-state index contributed by atoms with van der Waals surface area (Å²) in [4.78, 5) is 8.73. The molecule has 0 spiro atoms. The van der Waals surface area contributed by atoms with Crippen molar-refractivity contribution in [1.82, 2.24) is 14.4 Å². The molecule has 3 heterocycles. The summed E-state index contributed by atoms with van der Waals surface area (Å²) in [5.74, 6) is 0. The van der Waals surface area contributed by atoms with Crippen LogP contribution in [0.25, 0.3) is 5.65 Å².